The van der Waals surface area contributed by atoms with Crippen LogP contribution in [0.2, 0.25) is 5.02 Å². The fraction of sp³-hybridized carbons (Fsp3) is 0.500. The molecular weight excluding hydrogens is 357 g/mol. The van der Waals surface area contributed by atoms with Crippen molar-refractivity contribution in [1.29, 1.82) is 0 Å². The first-order valence-electron chi connectivity index (χ1n) is 7.95. The number of rotatable bonds is 3. The Morgan fingerprint density at radius 1 is 1.20 bits per heavy atom. The number of halogens is 4. The average Bonchev–Trinajstić information content (AvgIpc) is 2.80. The molecule has 0 aromatic carbocycles. The maximum atomic E-state index is 12.7. The summed E-state index contributed by atoms with van der Waals surface area (Å²) < 4.78 is 43.3. The SMILES string of the molecule is Cc1cc(CN2CCCN(c3ncc(C(F)(F)F)cc3Cl)CC2)no1. The van der Waals surface area contributed by atoms with Gasteiger partial charge in [-0.3, -0.25) is 4.90 Å². The fourth-order valence-corrected chi connectivity index (χ4v) is 3.17. The van der Waals surface area contributed by atoms with E-state index in [0.717, 1.165) is 43.2 Å². The smallest absolute Gasteiger partial charge is 0.361 e. The van der Waals surface area contributed by atoms with Crippen molar-refractivity contribution in [3.8, 4) is 0 Å². The van der Waals surface area contributed by atoms with Crippen molar-refractivity contribution in [1.82, 2.24) is 15.0 Å². The number of aromatic nitrogens is 2. The molecule has 9 heteroatoms. The number of hydrogen-bond donors (Lipinski definition) is 0. The second kappa shape index (κ2) is 7.21. The highest BCUT2D eigenvalue weighted by molar-refractivity contribution is 6.33. The van der Waals surface area contributed by atoms with Crippen LogP contribution in [0.15, 0.2) is 22.9 Å². The summed E-state index contributed by atoms with van der Waals surface area (Å²) in [5.74, 6) is 1.17. The third-order valence-electron chi connectivity index (χ3n) is 4.10. The van der Waals surface area contributed by atoms with E-state index in [1.54, 1.807) is 0 Å². The third-order valence-corrected chi connectivity index (χ3v) is 4.38. The van der Waals surface area contributed by atoms with Gasteiger partial charge in [-0.25, -0.2) is 4.98 Å². The maximum Gasteiger partial charge on any atom is 0.417 e. The summed E-state index contributed by atoms with van der Waals surface area (Å²) in [6.07, 6.45) is -2.75. The third kappa shape index (κ3) is 4.43. The minimum atomic E-state index is -4.44. The molecule has 1 saturated heterocycles. The molecule has 1 fully saturated rings. The summed E-state index contributed by atoms with van der Waals surface area (Å²) in [4.78, 5) is 8.11. The lowest BCUT2D eigenvalue weighted by Crippen LogP contribution is -2.31. The quantitative estimate of drug-likeness (QED) is 0.818. The molecule has 0 N–H and O–H groups in total. The molecule has 5 nitrogen and oxygen atoms in total. The zero-order chi connectivity index (χ0) is 18.0. The van der Waals surface area contributed by atoms with Crippen LogP contribution in [-0.2, 0) is 12.7 Å². The molecule has 0 spiro atoms. The van der Waals surface area contributed by atoms with Crippen LogP contribution in [0.25, 0.3) is 0 Å². The lowest BCUT2D eigenvalue weighted by molar-refractivity contribution is -0.137. The monoisotopic (exact) mass is 374 g/mol. The molecular formula is C16H18ClF3N4O. The van der Waals surface area contributed by atoms with Gasteiger partial charge in [-0.05, 0) is 19.4 Å². The summed E-state index contributed by atoms with van der Waals surface area (Å²) in [6, 6.07) is 2.83. The number of aryl methyl sites for hydroxylation is 1. The van der Waals surface area contributed by atoms with E-state index >= 15 is 0 Å². The highest BCUT2D eigenvalue weighted by Gasteiger charge is 2.32. The van der Waals surface area contributed by atoms with Crippen LogP contribution in [0.4, 0.5) is 19.0 Å². The topological polar surface area (TPSA) is 45.4 Å². The van der Waals surface area contributed by atoms with Crippen LogP contribution < -0.4 is 4.90 Å². The van der Waals surface area contributed by atoms with Crippen LogP contribution in [-0.4, -0.2) is 41.2 Å². The van der Waals surface area contributed by atoms with Gasteiger partial charge in [0.2, 0.25) is 0 Å². The molecule has 3 heterocycles. The summed E-state index contributed by atoms with van der Waals surface area (Å²) in [6.45, 7) is 5.45. The van der Waals surface area contributed by atoms with Crippen molar-refractivity contribution in [2.45, 2.75) is 26.1 Å². The molecule has 0 unspecified atom stereocenters. The van der Waals surface area contributed by atoms with E-state index < -0.39 is 11.7 Å². The van der Waals surface area contributed by atoms with E-state index in [4.69, 9.17) is 16.1 Å². The van der Waals surface area contributed by atoms with E-state index in [2.05, 4.69) is 15.0 Å². The molecule has 0 bridgehead atoms. The molecule has 1 aliphatic heterocycles. The van der Waals surface area contributed by atoms with Crippen molar-refractivity contribution in [3.05, 3.63) is 40.4 Å². The van der Waals surface area contributed by atoms with Crippen LogP contribution in [0, 0.1) is 6.92 Å². The van der Waals surface area contributed by atoms with Crippen molar-refractivity contribution in [2.24, 2.45) is 0 Å². The summed E-state index contributed by atoms with van der Waals surface area (Å²) in [5, 5.41) is 4.02. The van der Waals surface area contributed by atoms with E-state index in [9.17, 15) is 13.2 Å². The maximum absolute atomic E-state index is 12.7. The largest absolute Gasteiger partial charge is 0.417 e. The molecule has 25 heavy (non-hydrogen) atoms. The van der Waals surface area contributed by atoms with E-state index in [1.807, 2.05) is 17.9 Å². The van der Waals surface area contributed by atoms with Gasteiger partial charge in [0.05, 0.1) is 16.3 Å². The van der Waals surface area contributed by atoms with Gasteiger partial charge in [-0.1, -0.05) is 16.8 Å². The van der Waals surface area contributed by atoms with Gasteiger partial charge < -0.3 is 9.42 Å². The molecule has 0 atom stereocenters. The first kappa shape index (κ1) is 18.0. The van der Waals surface area contributed by atoms with Crippen LogP contribution >= 0.6 is 11.6 Å². The normalized spacial score (nSPS) is 16.9. The molecule has 2 aromatic rings. The minimum Gasteiger partial charge on any atom is -0.361 e. The first-order chi connectivity index (χ1) is 11.8. The highest BCUT2D eigenvalue weighted by atomic mass is 35.5. The molecule has 0 saturated carbocycles. The second-order valence-corrected chi connectivity index (χ2v) is 6.48. The molecule has 0 amide bonds. The Balaban J connectivity index is 1.66. The Morgan fingerprint density at radius 2 is 2.00 bits per heavy atom. The Kier molecular flexibility index (Phi) is 5.19. The van der Waals surface area contributed by atoms with Gasteiger partial charge in [-0.2, -0.15) is 13.2 Å². The van der Waals surface area contributed by atoms with Crippen molar-refractivity contribution < 1.29 is 17.7 Å². The first-order valence-corrected chi connectivity index (χ1v) is 8.33. The number of nitrogens with zero attached hydrogens (tertiary/aromatic N) is 4. The fourth-order valence-electron chi connectivity index (χ4n) is 2.88. The molecule has 2 aromatic heterocycles. The Hall–Kier alpha value is -1.80. The lowest BCUT2D eigenvalue weighted by Gasteiger charge is -2.23. The standard InChI is InChI=1S/C16H18ClF3N4O/c1-11-7-13(22-25-11)10-23-3-2-4-24(6-5-23)15-14(17)8-12(9-21-15)16(18,19)20/h7-9H,2-6,10H2,1H3. The zero-order valence-electron chi connectivity index (χ0n) is 13.7. The van der Waals surface area contributed by atoms with Crippen LogP contribution in [0.1, 0.15) is 23.4 Å². The van der Waals surface area contributed by atoms with Crippen molar-refractivity contribution in [3.63, 3.8) is 0 Å². The predicted molar refractivity (Wildman–Crippen MR) is 87.6 cm³/mol. The molecule has 3 rings (SSSR count). The number of anilines is 1. The number of hydrogen-bond acceptors (Lipinski definition) is 5. The van der Waals surface area contributed by atoms with E-state index in [1.165, 1.54) is 0 Å². The molecule has 0 aliphatic carbocycles. The van der Waals surface area contributed by atoms with Gasteiger partial charge in [0.1, 0.15) is 11.6 Å². The lowest BCUT2D eigenvalue weighted by atomic mass is 10.2. The Bertz CT molecular complexity index is 734. The van der Waals surface area contributed by atoms with E-state index in [-0.39, 0.29) is 5.02 Å². The Labute approximate surface area is 148 Å². The molecule has 0 radical (unpaired) electrons. The number of pyridine rings is 1. The molecule has 136 valence electrons. The van der Waals surface area contributed by atoms with Gasteiger partial charge in [0, 0.05) is 45.0 Å². The van der Waals surface area contributed by atoms with Crippen molar-refractivity contribution in [2.75, 3.05) is 31.1 Å². The van der Waals surface area contributed by atoms with Crippen LogP contribution in [0.5, 0.6) is 0 Å². The Morgan fingerprint density at radius 3 is 2.64 bits per heavy atom. The van der Waals surface area contributed by atoms with Gasteiger partial charge >= 0.3 is 6.18 Å². The highest BCUT2D eigenvalue weighted by Crippen LogP contribution is 2.33. The van der Waals surface area contributed by atoms with Gasteiger partial charge in [0.25, 0.3) is 0 Å². The summed E-state index contributed by atoms with van der Waals surface area (Å²) in [5.41, 5.74) is 0.0377. The summed E-state index contributed by atoms with van der Waals surface area (Å²) in [7, 11) is 0. The van der Waals surface area contributed by atoms with Gasteiger partial charge in [0.15, 0.2) is 0 Å². The zero-order valence-corrected chi connectivity index (χ0v) is 14.4. The summed E-state index contributed by atoms with van der Waals surface area (Å²) >= 11 is 6.05. The minimum absolute atomic E-state index is 0.0235. The molecule has 1 aliphatic rings. The second-order valence-electron chi connectivity index (χ2n) is 6.07. The predicted octanol–water partition coefficient (Wildman–Crippen LogP) is 3.76. The van der Waals surface area contributed by atoms with Crippen LogP contribution in [0.3, 0.4) is 0 Å². The number of alkyl halides is 3. The van der Waals surface area contributed by atoms with Crippen molar-refractivity contribution >= 4 is 17.4 Å². The van der Waals surface area contributed by atoms with Gasteiger partial charge in [-0.15, -0.1) is 0 Å². The average molecular weight is 375 g/mol. The van der Waals surface area contributed by atoms with E-state index in [0.29, 0.717) is 25.5 Å².